The zero-order valence-corrected chi connectivity index (χ0v) is 13.6. The molecule has 5 unspecified atom stereocenters. The maximum Gasteiger partial charge on any atom is -0.0125 e. The molecular formula is C20H30. The highest BCUT2D eigenvalue weighted by atomic mass is 14.7. The van der Waals surface area contributed by atoms with Gasteiger partial charge in [0.15, 0.2) is 0 Å². The summed E-state index contributed by atoms with van der Waals surface area (Å²) in [4.78, 5) is 0. The van der Waals surface area contributed by atoms with Crippen molar-refractivity contribution in [3.63, 3.8) is 0 Å². The SMILES string of the molecule is CCC(C)CC1C2CC(C3=CCC=CC=C3C(C)C)C12. The zero-order chi connectivity index (χ0) is 14.3. The lowest BCUT2D eigenvalue weighted by Gasteiger charge is -2.30. The minimum Gasteiger partial charge on any atom is -0.0807 e. The fourth-order valence-electron chi connectivity index (χ4n) is 4.51. The minimum absolute atomic E-state index is 0.662. The molecule has 3 rings (SSSR count). The quantitative estimate of drug-likeness (QED) is 0.594. The molecule has 5 atom stereocenters. The van der Waals surface area contributed by atoms with E-state index in [4.69, 9.17) is 0 Å². The van der Waals surface area contributed by atoms with Gasteiger partial charge in [-0.15, -0.1) is 0 Å². The van der Waals surface area contributed by atoms with Crippen molar-refractivity contribution in [3.8, 4) is 0 Å². The molecule has 0 aromatic carbocycles. The second kappa shape index (κ2) is 5.54. The maximum absolute atomic E-state index is 2.52. The van der Waals surface area contributed by atoms with Crippen LogP contribution in [-0.4, -0.2) is 0 Å². The van der Waals surface area contributed by atoms with Crippen molar-refractivity contribution in [1.29, 1.82) is 0 Å². The average Bonchev–Trinajstić information content (AvgIpc) is 3.02. The Bertz CT molecular complexity index is 449. The summed E-state index contributed by atoms with van der Waals surface area (Å²) in [5, 5.41) is 0. The van der Waals surface area contributed by atoms with Gasteiger partial charge in [-0.3, -0.25) is 0 Å². The lowest BCUT2D eigenvalue weighted by atomic mass is 9.74. The fourth-order valence-corrected chi connectivity index (χ4v) is 4.51. The summed E-state index contributed by atoms with van der Waals surface area (Å²) in [7, 11) is 0. The van der Waals surface area contributed by atoms with Crippen LogP contribution in [0.1, 0.15) is 53.4 Å². The highest BCUT2D eigenvalue weighted by molar-refractivity contribution is 5.42. The highest BCUT2D eigenvalue weighted by Gasteiger charge is 2.63. The summed E-state index contributed by atoms with van der Waals surface area (Å²) in [6.45, 7) is 9.46. The van der Waals surface area contributed by atoms with Crippen molar-refractivity contribution in [3.05, 3.63) is 35.5 Å². The van der Waals surface area contributed by atoms with E-state index < -0.39 is 0 Å². The molecule has 0 spiro atoms. The molecule has 0 saturated heterocycles. The molecule has 0 N–H and O–H groups in total. The van der Waals surface area contributed by atoms with Gasteiger partial charge >= 0.3 is 0 Å². The number of hydrogen-bond donors (Lipinski definition) is 0. The topological polar surface area (TPSA) is 0 Å². The van der Waals surface area contributed by atoms with Crippen molar-refractivity contribution < 1.29 is 0 Å². The average molecular weight is 270 g/mol. The monoisotopic (exact) mass is 270 g/mol. The van der Waals surface area contributed by atoms with Gasteiger partial charge in [0.1, 0.15) is 0 Å². The fraction of sp³-hybridized carbons (Fsp3) is 0.700. The zero-order valence-electron chi connectivity index (χ0n) is 13.6. The third-order valence-electron chi connectivity index (χ3n) is 6.00. The second-order valence-electron chi connectivity index (χ2n) is 7.60. The van der Waals surface area contributed by atoms with E-state index in [-0.39, 0.29) is 0 Å². The van der Waals surface area contributed by atoms with Gasteiger partial charge < -0.3 is 0 Å². The Balaban J connectivity index is 1.68. The first-order chi connectivity index (χ1) is 9.63. The first-order valence-corrected chi connectivity index (χ1v) is 8.70. The van der Waals surface area contributed by atoms with Crippen molar-refractivity contribution in [1.82, 2.24) is 0 Å². The molecule has 20 heavy (non-hydrogen) atoms. The standard InChI is InChI=1S/C20H30/c1-5-14(4)11-17-19-12-18(20(17)19)16-10-8-6-7-9-15(16)13(2)3/h6-7,9-10,13-14,17-20H,5,8,11-12H2,1-4H3. The summed E-state index contributed by atoms with van der Waals surface area (Å²) in [6.07, 6.45) is 14.9. The second-order valence-corrected chi connectivity index (χ2v) is 7.60. The first-order valence-electron chi connectivity index (χ1n) is 8.70. The third kappa shape index (κ3) is 2.43. The van der Waals surface area contributed by atoms with Gasteiger partial charge in [-0.05, 0) is 65.9 Å². The van der Waals surface area contributed by atoms with Gasteiger partial charge in [-0.1, -0.05) is 58.4 Å². The largest absolute Gasteiger partial charge is 0.0807 e. The summed E-state index contributed by atoms with van der Waals surface area (Å²) in [5.41, 5.74) is 3.31. The van der Waals surface area contributed by atoms with Crippen LogP contribution in [0.5, 0.6) is 0 Å². The predicted molar refractivity (Wildman–Crippen MR) is 87.4 cm³/mol. The van der Waals surface area contributed by atoms with Gasteiger partial charge in [-0.25, -0.2) is 0 Å². The van der Waals surface area contributed by atoms with Crippen LogP contribution >= 0.6 is 0 Å². The van der Waals surface area contributed by atoms with Crippen molar-refractivity contribution in [2.45, 2.75) is 53.4 Å². The van der Waals surface area contributed by atoms with Crippen LogP contribution in [0, 0.1) is 35.5 Å². The molecule has 0 nitrogen and oxygen atoms in total. The van der Waals surface area contributed by atoms with Crippen LogP contribution < -0.4 is 0 Å². The summed E-state index contributed by atoms with van der Waals surface area (Å²) >= 11 is 0. The summed E-state index contributed by atoms with van der Waals surface area (Å²) in [6, 6.07) is 0. The number of hydrogen-bond acceptors (Lipinski definition) is 0. The lowest BCUT2D eigenvalue weighted by molar-refractivity contribution is 0.336. The Morgan fingerprint density at radius 2 is 2.05 bits per heavy atom. The van der Waals surface area contributed by atoms with Crippen LogP contribution in [0.15, 0.2) is 35.5 Å². The Morgan fingerprint density at radius 3 is 2.75 bits per heavy atom. The van der Waals surface area contributed by atoms with Gasteiger partial charge in [0, 0.05) is 0 Å². The Hall–Kier alpha value is -0.780. The van der Waals surface area contributed by atoms with Crippen LogP contribution in [0.25, 0.3) is 0 Å². The number of rotatable bonds is 5. The molecule has 2 fully saturated rings. The molecule has 2 saturated carbocycles. The molecular weight excluding hydrogens is 240 g/mol. The van der Waals surface area contributed by atoms with Crippen LogP contribution in [0.3, 0.4) is 0 Å². The van der Waals surface area contributed by atoms with Gasteiger partial charge in [0.05, 0.1) is 0 Å². The molecule has 110 valence electrons. The van der Waals surface area contributed by atoms with Crippen molar-refractivity contribution in [2.24, 2.45) is 35.5 Å². The Morgan fingerprint density at radius 1 is 1.25 bits per heavy atom. The molecule has 0 amide bonds. The van der Waals surface area contributed by atoms with Gasteiger partial charge in [0.2, 0.25) is 0 Å². The van der Waals surface area contributed by atoms with E-state index in [0.29, 0.717) is 5.92 Å². The molecule has 0 heteroatoms. The van der Waals surface area contributed by atoms with Crippen LogP contribution in [0.4, 0.5) is 0 Å². The molecule has 0 aliphatic heterocycles. The summed E-state index contributed by atoms with van der Waals surface area (Å²) < 4.78 is 0. The summed E-state index contributed by atoms with van der Waals surface area (Å²) in [5.74, 6) is 5.66. The molecule has 0 radical (unpaired) electrons. The van der Waals surface area contributed by atoms with Crippen LogP contribution in [-0.2, 0) is 0 Å². The number of allylic oxidation sites excluding steroid dienone is 6. The van der Waals surface area contributed by atoms with Gasteiger partial charge in [0.25, 0.3) is 0 Å². The van der Waals surface area contributed by atoms with E-state index >= 15 is 0 Å². The maximum atomic E-state index is 2.52. The Kier molecular flexibility index (Phi) is 3.93. The van der Waals surface area contributed by atoms with E-state index in [0.717, 1.165) is 36.0 Å². The predicted octanol–water partition coefficient (Wildman–Crippen LogP) is 5.77. The number of fused-ring (bicyclic) bond motifs is 1. The molecule has 0 aromatic rings. The Labute approximate surface area is 125 Å². The van der Waals surface area contributed by atoms with Crippen molar-refractivity contribution >= 4 is 0 Å². The third-order valence-corrected chi connectivity index (χ3v) is 6.00. The van der Waals surface area contributed by atoms with Gasteiger partial charge in [-0.2, -0.15) is 0 Å². The smallest absolute Gasteiger partial charge is 0.0125 e. The molecule has 0 bridgehead atoms. The van der Waals surface area contributed by atoms with Crippen LogP contribution in [0.2, 0.25) is 0 Å². The normalized spacial score (nSPS) is 36.6. The molecule has 0 heterocycles. The highest BCUT2D eigenvalue weighted by Crippen LogP contribution is 2.69. The molecule has 3 aliphatic carbocycles. The first kappa shape index (κ1) is 14.2. The molecule has 3 aliphatic rings. The van der Waals surface area contributed by atoms with E-state index in [2.05, 4.69) is 52.0 Å². The van der Waals surface area contributed by atoms with E-state index in [1.807, 2.05) is 0 Å². The van der Waals surface area contributed by atoms with E-state index in [1.165, 1.54) is 19.3 Å². The molecule has 0 aromatic heterocycles. The minimum atomic E-state index is 0.662. The van der Waals surface area contributed by atoms with E-state index in [9.17, 15) is 0 Å². The lowest BCUT2D eigenvalue weighted by Crippen LogP contribution is -2.20. The van der Waals surface area contributed by atoms with E-state index in [1.54, 1.807) is 11.1 Å². The van der Waals surface area contributed by atoms with Crippen molar-refractivity contribution in [2.75, 3.05) is 0 Å².